The Labute approximate surface area is 88.5 Å². The van der Waals surface area contributed by atoms with Crippen LogP contribution in [-0.4, -0.2) is 74.9 Å². The van der Waals surface area contributed by atoms with Gasteiger partial charge in [-0.25, -0.2) is 0 Å². The second-order valence-electron chi connectivity index (χ2n) is 4.87. The molecule has 2 heterocycles. The zero-order valence-electron chi connectivity index (χ0n) is 9.58. The predicted octanol–water partition coefficient (Wildman–Crippen LogP) is -0.754. The highest BCUT2D eigenvalue weighted by Crippen LogP contribution is 2.16. The number of hydrogen-bond donors (Lipinski definition) is 0. The topological polar surface area (TPSA) is 9.72 Å². The number of piperazine rings is 1. The number of piperidine rings is 1. The second kappa shape index (κ2) is 4.64. The normalized spacial score (nSPS) is 29.5. The maximum Gasteiger partial charge on any atom is 0.185 e. The van der Waals surface area contributed by atoms with Crippen molar-refractivity contribution in [1.82, 2.24) is 14.6 Å². The van der Waals surface area contributed by atoms with Gasteiger partial charge in [0.1, 0.15) is 0 Å². The van der Waals surface area contributed by atoms with Gasteiger partial charge in [0.2, 0.25) is 0 Å². The summed E-state index contributed by atoms with van der Waals surface area (Å²) in [6.45, 7) is 7.66. The van der Waals surface area contributed by atoms with E-state index in [1.54, 1.807) is 0 Å². The van der Waals surface area contributed by atoms with E-state index in [0.717, 1.165) is 6.04 Å². The maximum absolute atomic E-state index is 2.70. The largest absolute Gasteiger partial charge is 0.346 e. The third-order valence-electron chi connectivity index (χ3n) is 3.74. The summed E-state index contributed by atoms with van der Waals surface area (Å²) in [5.41, 5.74) is 0. The quantitative estimate of drug-likeness (QED) is 0.509. The van der Waals surface area contributed by atoms with Crippen LogP contribution in [0.2, 0.25) is 0 Å². The molecule has 0 aromatic heterocycles. The van der Waals surface area contributed by atoms with E-state index in [0.29, 0.717) is 0 Å². The van der Waals surface area contributed by atoms with Crippen LogP contribution in [0.5, 0.6) is 0 Å². The summed E-state index contributed by atoms with van der Waals surface area (Å²) in [5.74, 6) is 0. The molecule has 0 aromatic carbocycles. The van der Waals surface area contributed by atoms with Gasteiger partial charge in [0, 0.05) is 19.1 Å². The molecular weight excluding hydrogens is 173 g/mol. The van der Waals surface area contributed by atoms with Crippen molar-refractivity contribution in [2.75, 3.05) is 46.3 Å². The molecule has 0 saturated carbocycles. The molecule has 14 heavy (non-hydrogen) atoms. The highest BCUT2D eigenvalue weighted by Gasteiger charge is 2.24. The van der Waals surface area contributed by atoms with E-state index in [2.05, 4.69) is 29.6 Å². The lowest BCUT2D eigenvalue weighted by atomic mass is 10.0. The minimum Gasteiger partial charge on any atom is -0.346 e. The van der Waals surface area contributed by atoms with Crippen molar-refractivity contribution in [3.63, 3.8) is 0 Å². The van der Waals surface area contributed by atoms with Crippen LogP contribution in [0.1, 0.15) is 12.8 Å². The Balaban J connectivity index is 1.78. The predicted molar refractivity (Wildman–Crippen MR) is 62.2 cm³/mol. The molecule has 4 heteroatoms. The molecule has 0 N–H and O–H groups in total. The third kappa shape index (κ3) is 2.50. The van der Waals surface area contributed by atoms with Crippen molar-refractivity contribution in [3.05, 3.63) is 0 Å². The van der Waals surface area contributed by atoms with Gasteiger partial charge in [-0.15, -0.1) is 0 Å². The summed E-state index contributed by atoms with van der Waals surface area (Å²) in [5, 5.41) is 0. The Morgan fingerprint density at radius 1 is 0.929 bits per heavy atom. The van der Waals surface area contributed by atoms with E-state index in [4.69, 9.17) is 0 Å². The number of nitrogens with zero attached hydrogens (tertiary/aromatic N) is 3. The average molecular weight is 195 g/mol. The van der Waals surface area contributed by atoms with Crippen molar-refractivity contribution in [3.8, 4) is 0 Å². The first-order valence-corrected chi connectivity index (χ1v) is 5.87. The first-order chi connectivity index (χ1) is 6.75. The van der Waals surface area contributed by atoms with Crippen LogP contribution in [0.3, 0.4) is 0 Å². The lowest BCUT2D eigenvalue weighted by molar-refractivity contribution is 0.0898. The van der Waals surface area contributed by atoms with E-state index < -0.39 is 0 Å². The Kier molecular flexibility index (Phi) is 3.47. The molecule has 0 radical (unpaired) electrons. The molecule has 0 aromatic rings. The van der Waals surface area contributed by atoms with Gasteiger partial charge in [0.15, 0.2) is 7.98 Å². The number of likely N-dealkylation sites (tertiary alicyclic amines) is 1. The highest BCUT2D eigenvalue weighted by molar-refractivity contribution is 6.04. The van der Waals surface area contributed by atoms with Gasteiger partial charge in [-0.1, -0.05) is 0 Å². The minimum absolute atomic E-state index is 0.875. The van der Waals surface area contributed by atoms with Gasteiger partial charge in [-0.2, -0.15) is 0 Å². The Bertz CT molecular complexity index is 152. The fraction of sp³-hybridized carbons (Fsp3) is 1.00. The average Bonchev–Trinajstić information content (AvgIpc) is 2.21. The van der Waals surface area contributed by atoms with Crippen molar-refractivity contribution in [2.24, 2.45) is 0 Å². The molecule has 0 amide bonds. The van der Waals surface area contributed by atoms with Crippen LogP contribution < -0.4 is 0 Å². The van der Waals surface area contributed by atoms with Crippen LogP contribution in [0.25, 0.3) is 0 Å². The first-order valence-electron chi connectivity index (χ1n) is 5.87. The van der Waals surface area contributed by atoms with Gasteiger partial charge in [0.25, 0.3) is 0 Å². The fourth-order valence-electron chi connectivity index (χ4n) is 2.55. The van der Waals surface area contributed by atoms with Crippen LogP contribution in [-0.2, 0) is 0 Å². The SMILES string of the molecule is BN1CCN(C2CCN(C)CC2)CC1. The second-order valence-corrected chi connectivity index (χ2v) is 4.87. The molecule has 2 rings (SSSR count). The maximum atomic E-state index is 2.70. The molecule has 2 saturated heterocycles. The van der Waals surface area contributed by atoms with Gasteiger partial charge in [-0.3, -0.25) is 4.90 Å². The van der Waals surface area contributed by atoms with Crippen LogP contribution in [0, 0.1) is 0 Å². The van der Waals surface area contributed by atoms with E-state index in [1.807, 2.05) is 0 Å². The summed E-state index contributed by atoms with van der Waals surface area (Å²) in [4.78, 5) is 7.59. The standard InChI is InChI=1S/C10H22BN3/c1-12-4-2-10(3-5-12)13-6-8-14(11)9-7-13/h10H,2-9,11H2,1H3. The van der Waals surface area contributed by atoms with Gasteiger partial charge in [0.05, 0.1) is 0 Å². The van der Waals surface area contributed by atoms with Crippen molar-refractivity contribution in [2.45, 2.75) is 18.9 Å². The number of rotatable bonds is 1. The number of hydrogen-bond acceptors (Lipinski definition) is 3. The summed E-state index contributed by atoms with van der Waals surface area (Å²) < 4.78 is 0. The Morgan fingerprint density at radius 3 is 2.07 bits per heavy atom. The molecule has 2 aliphatic heterocycles. The Morgan fingerprint density at radius 2 is 1.50 bits per heavy atom. The molecule has 0 unspecified atom stereocenters. The van der Waals surface area contributed by atoms with Gasteiger partial charge in [-0.05, 0) is 46.1 Å². The first kappa shape index (κ1) is 10.5. The fourth-order valence-corrected chi connectivity index (χ4v) is 2.55. The molecular formula is C10H22BN3. The highest BCUT2D eigenvalue weighted by atomic mass is 15.3. The van der Waals surface area contributed by atoms with E-state index >= 15 is 0 Å². The van der Waals surface area contributed by atoms with Gasteiger partial charge >= 0.3 is 0 Å². The monoisotopic (exact) mass is 195 g/mol. The molecule has 3 nitrogen and oxygen atoms in total. The van der Waals surface area contributed by atoms with Crippen LogP contribution in [0.4, 0.5) is 0 Å². The van der Waals surface area contributed by atoms with E-state index in [9.17, 15) is 0 Å². The van der Waals surface area contributed by atoms with E-state index in [1.165, 1.54) is 52.1 Å². The minimum atomic E-state index is 0.875. The smallest absolute Gasteiger partial charge is 0.185 e. The zero-order chi connectivity index (χ0) is 9.97. The molecule has 2 fully saturated rings. The molecule has 0 atom stereocenters. The molecule has 80 valence electrons. The molecule has 0 spiro atoms. The van der Waals surface area contributed by atoms with Crippen molar-refractivity contribution >= 4 is 7.98 Å². The molecule has 2 aliphatic rings. The summed E-state index contributed by atoms with van der Waals surface area (Å²) in [6.07, 6.45) is 2.75. The third-order valence-corrected chi connectivity index (χ3v) is 3.74. The van der Waals surface area contributed by atoms with E-state index in [-0.39, 0.29) is 0 Å². The summed E-state index contributed by atoms with van der Waals surface area (Å²) >= 11 is 0. The zero-order valence-corrected chi connectivity index (χ0v) is 9.58. The molecule has 0 bridgehead atoms. The Hall–Kier alpha value is -0.0551. The van der Waals surface area contributed by atoms with Gasteiger partial charge < -0.3 is 9.71 Å². The lowest BCUT2D eigenvalue weighted by Gasteiger charge is -2.41. The van der Waals surface area contributed by atoms with Crippen LogP contribution >= 0.6 is 0 Å². The lowest BCUT2D eigenvalue weighted by Crippen LogP contribution is -2.52. The van der Waals surface area contributed by atoms with Crippen LogP contribution in [0.15, 0.2) is 0 Å². The van der Waals surface area contributed by atoms with Crippen molar-refractivity contribution < 1.29 is 0 Å². The summed E-state index contributed by atoms with van der Waals surface area (Å²) in [6, 6.07) is 0.875. The van der Waals surface area contributed by atoms with Crippen molar-refractivity contribution in [1.29, 1.82) is 0 Å². The molecule has 0 aliphatic carbocycles. The summed E-state index contributed by atoms with van der Waals surface area (Å²) in [7, 11) is 4.46.